The van der Waals surface area contributed by atoms with Gasteiger partial charge in [-0.15, -0.1) is 0 Å². The smallest absolute Gasteiger partial charge is 0.101 e. The predicted molar refractivity (Wildman–Crippen MR) is 85.3 cm³/mol. The lowest BCUT2D eigenvalue weighted by atomic mass is 10.1. The molecule has 21 heavy (non-hydrogen) atoms. The van der Waals surface area contributed by atoms with E-state index in [0.29, 0.717) is 0 Å². The second-order valence-electron chi connectivity index (χ2n) is 6.00. The molecular weight excluding hydrogens is 260 g/mol. The number of nitrogens with zero attached hydrogens (tertiary/aromatic N) is 3. The summed E-state index contributed by atoms with van der Waals surface area (Å²) in [4.78, 5) is 4.97. The van der Waals surface area contributed by atoms with Crippen LogP contribution in [0.1, 0.15) is 30.9 Å². The van der Waals surface area contributed by atoms with Gasteiger partial charge in [-0.25, -0.2) is 0 Å². The maximum absolute atomic E-state index is 9.44. The number of hydrogen-bond acceptors (Lipinski definition) is 4. The standard InChI is InChI=1S/C17H24N4/c1-2-19-13-14-3-6-17(15(11-14)12-18)21-9-7-20(8-10-21)16-4-5-16/h3,6,11,16,19H,2,4-5,7-10,13H2,1H3. The third-order valence-electron chi connectivity index (χ3n) is 4.48. The molecule has 1 aromatic carbocycles. The van der Waals surface area contributed by atoms with Crippen molar-refractivity contribution in [3.63, 3.8) is 0 Å². The molecule has 0 radical (unpaired) electrons. The summed E-state index contributed by atoms with van der Waals surface area (Å²) in [5.74, 6) is 0. The highest BCUT2D eigenvalue weighted by molar-refractivity contribution is 5.60. The van der Waals surface area contributed by atoms with Gasteiger partial charge in [-0.2, -0.15) is 5.26 Å². The van der Waals surface area contributed by atoms with Crippen LogP contribution in [0.5, 0.6) is 0 Å². The fourth-order valence-corrected chi connectivity index (χ4v) is 3.10. The molecule has 0 bridgehead atoms. The summed E-state index contributed by atoms with van der Waals surface area (Å²) < 4.78 is 0. The van der Waals surface area contributed by atoms with Crippen molar-refractivity contribution in [1.29, 1.82) is 5.26 Å². The fourth-order valence-electron chi connectivity index (χ4n) is 3.10. The van der Waals surface area contributed by atoms with E-state index in [4.69, 9.17) is 0 Å². The number of rotatable bonds is 5. The summed E-state index contributed by atoms with van der Waals surface area (Å²) in [7, 11) is 0. The largest absolute Gasteiger partial charge is 0.368 e. The Labute approximate surface area is 127 Å². The molecule has 1 N–H and O–H groups in total. The maximum atomic E-state index is 9.44. The Bertz CT molecular complexity index is 522. The lowest BCUT2D eigenvalue weighted by molar-refractivity contribution is 0.248. The maximum Gasteiger partial charge on any atom is 0.101 e. The Balaban J connectivity index is 1.68. The van der Waals surface area contributed by atoms with Gasteiger partial charge in [0.2, 0.25) is 0 Å². The van der Waals surface area contributed by atoms with Gasteiger partial charge in [0.25, 0.3) is 0 Å². The summed E-state index contributed by atoms with van der Waals surface area (Å²) in [6, 6.07) is 9.53. The van der Waals surface area contributed by atoms with Crippen LogP contribution in [0.15, 0.2) is 18.2 Å². The number of nitrogens with one attached hydrogen (secondary N) is 1. The molecule has 2 aliphatic rings. The Morgan fingerprint density at radius 3 is 2.62 bits per heavy atom. The first-order chi connectivity index (χ1) is 10.3. The van der Waals surface area contributed by atoms with E-state index in [1.165, 1.54) is 18.4 Å². The zero-order valence-electron chi connectivity index (χ0n) is 12.8. The Kier molecular flexibility index (Phi) is 4.42. The van der Waals surface area contributed by atoms with E-state index in [1.54, 1.807) is 0 Å². The van der Waals surface area contributed by atoms with E-state index >= 15 is 0 Å². The summed E-state index contributed by atoms with van der Waals surface area (Å²) in [6.45, 7) is 8.23. The van der Waals surface area contributed by atoms with Gasteiger partial charge >= 0.3 is 0 Å². The van der Waals surface area contributed by atoms with E-state index in [1.807, 2.05) is 6.07 Å². The average molecular weight is 284 g/mol. The number of piperazine rings is 1. The van der Waals surface area contributed by atoms with Crippen molar-refractivity contribution in [3.05, 3.63) is 29.3 Å². The average Bonchev–Trinajstić information content (AvgIpc) is 3.38. The third kappa shape index (κ3) is 3.37. The Morgan fingerprint density at radius 2 is 2.00 bits per heavy atom. The van der Waals surface area contributed by atoms with Crippen LogP contribution < -0.4 is 10.2 Å². The minimum Gasteiger partial charge on any atom is -0.368 e. The molecule has 1 aromatic rings. The Morgan fingerprint density at radius 1 is 1.24 bits per heavy atom. The van der Waals surface area contributed by atoms with Crippen molar-refractivity contribution >= 4 is 5.69 Å². The third-order valence-corrected chi connectivity index (χ3v) is 4.48. The highest BCUT2D eigenvalue weighted by atomic mass is 15.3. The Hall–Kier alpha value is -1.57. The van der Waals surface area contributed by atoms with E-state index in [-0.39, 0.29) is 0 Å². The zero-order valence-corrected chi connectivity index (χ0v) is 12.8. The van der Waals surface area contributed by atoms with Crippen molar-refractivity contribution in [3.8, 4) is 6.07 Å². The molecule has 1 heterocycles. The minimum absolute atomic E-state index is 0.810. The first-order valence-corrected chi connectivity index (χ1v) is 8.04. The van der Waals surface area contributed by atoms with Gasteiger partial charge < -0.3 is 10.2 Å². The summed E-state index contributed by atoms with van der Waals surface area (Å²) in [5, 5.41) is 12.8. The molecule has 0 spiro atoms. The second kappa shape index (κ2) is 6.46. The highest BCUT2D eigenvalue weighted by Gasteiger charge is 2.31. The van der Waals surface area contributed by atoms with Crippen LogP contribution in [0.3, 0.4) is 0 Å². The van der Waals surface area contributed by atoms with Gasteiger partial charge in [0.1, 0.15) is 6.07 Å². The van der Waals surface area contributed by atoms with Crippen LogP contribution in [0, 0.1) is 11.3 Å². The first-order valence-electron chi connectivity index (χ1n) is 8.04. The van der Waals surface area contributed by atoms with Crippen LogP contribution in [0.25, 0.3) is 0 Å². The first kappa shape index (κ1) is 14.4. The topological polar surface area (TPSA) is 42.3 Å². The second-order valence-corrected chi connectivity index (χ2v) is 6.00. The van der Waals surface area contributed by atoms with Gasteiger partial charge in [-0.3, -0.25) is 4.90 Å². The molecule has 4 heteroatoms. The molecule has 0 unspecified atom stereocenters. The van der Waals surface area contributed by atoms with Gasteiger partial charge in [-0.1, -0.05) is 13.0 Å². The van der Waals surface area contributed by atoms with Crippen LogP contribution in [-0.2, 0) is 6.54 Å². The number of nitriles is 1. The molecule has 1 saturated heterocycles. The molecule has 2 fully saturated rings. The molecule has 3 rings (SSSR count). The molecule has 0 atom stereocenters. The highest BCUT2D eigenvalue weighted by Crippen LogP contribution is 2.29. The molecule has 1 aliphatic heterocycles. The van der Waals surface area contributed by atoms with Gasteiger partial charge in [0.05, 0.1) is 11.3 Å². The molecule has 4 nitrogen and oxygen atoms in total. The minimum atomic E-state index is 0.810. The van der Waals surface area contributed by atoms with E-state index in [9.17, 15) is 5.26 Å². The summed E-state index contributed by atoms with van der Waals surface area (Å²) in [6.07, 6.45) is 2.76. The van der Waals surface area contributed by atoms with Gasteiger partial charge in [0.15, 0.2) is 0 Å². The summed E-state index contributed by atoms with van der Waals surface area (Å²) >= 11 is 0. The molecule has 0 aromatic heterocycles. The number of anilines is 1. The lowest BCUT2D eigenvalue weighted by Gasteiger charge is -2.36. The van der Waals surface area contributed by atoms with Crippen LogP contribution in [0.2, 0.25) is 0 Å². The van der Waals surface area contributed by atoms with E-state index in [2.05, 4.69) is 40.2 Å². The normalized spacial score (nSPS) is 19.5. The van der Waals surface area contributed by atoms with E-state index in [0.717, 1.165) is 56.6 Å². The van der Waals surface area contributed by atoms with E-state index < -0.39 is 0 Å². The van der Waals surface area contributed by atoms with Crippen LogP contribution >= 0.6 is 0 Å². The van der Waals surface area contributed by atoms with Crippen molar-refractivity contribution in [2.24, 2.45) is 0 Å². The number of hydrogen-bond donors (Lipinski definition) is 1. The zero-order chi connectivity index (χ0) is 14.7. The molecule has 1 saturated carbocycles. The van der Waals surface area contributed by atoms with Crippen molar-refractivity contribution in [2.75, 3.05) is 37.6 Å². The predicted octanol–water partition coefficient (Wildman–Crippen LogP) is 1.95. The van der Waals surface area contributed by atoms with Crippen molar-refractivity contribution < 1.29 is 0 Å². The summed E-state index contributed by atoms with van der Waals surface area (Å²) in [5.41, 5.74) is 3.10. The van der Waals surface area contributed by atoms with Crippen LogP contribution in [0.4, 0.5) is 5.69 Å². The number of benzene rings is 1. The lowest BCUT2D eigenvalue weighted by Crippen LogP contribution is -2.47. The molecule has 1 aliphatic carbocycles. The van der Waals surface area contributed by atoms with Gasteiger partial charge in [0, 0.05) is 38.8 Å². The molecule has 112 valence electrons. The van der Waals surface area contributed by atoms with Crippen LogP contribution in [-0.4, -0.2) is 43.7 Å². The molecular formula is C17H24N4. The SMILES string of the molecule is CCNCc1ccc(N2CCN(C3CC3)CC2)c(C#N)c1. The monoisotopic (exact) mass is 284 g/mol. The quantitative estimate of drug-likeness (QED) is 0.897. The van der Waals surface area contributed by atoms with Crippen molar-refractivity contribution in [2.45, 2.75) is 32.4 Å². The van der Waals surface area contributed by atoms with Crippen molar-refractivity contribution in [1.82, 2.24) is 10.2 Å². The van der Waals surface area contributed by atoms with Gasteiger partial charge in [-0.05, 0) is 37.1 Å². The fraction of sp³-hybridized carbons (Fsp3) is 0.588. The molecule has 0 amide bonds.